The van der Waals surface area contributed by atoms with Crippen LogP contribution in [0.2, 0.25) is 0 Å². The van der Waals surface area contributed by atoms with E-state index >= 15 is 0 Å². The summed E-state index contributed by atoms with van der Waals surface area (Å²) in [5.74, 6) is -0.887. The van der Waals surface area contributed by atoms with Crippen LogP contribution in [0.1, 0.15) is 18.9 Å². The molecule has 1 aromatic carbocycles. The predicted molar refractivity (Wildman–Crippen MR) is 69.0 cm³/mol. The summed E-state index contributed by atoms with van der Waals surface area (Å²) in [6.45, 7) is 1.81. The number of rotatable bonds is 4. The van der Waals surface area contributed by atoms with Gasteiger partial charge < -0.3 is 10.0 Å². The van der Waals surface area contributed by atoms with E-state index in [2.05, 4.69) is 22.0 Å². The minimum absolute atomic E-state index is 0.460. The van der Waals surface area contributed by atoms with Gasteiger partial charge in [0, 0.05) is 11.5 Å². The molecule has 0 aliphatic rings. The molecule has 4 nitrogen and oxygen atoms in total. The fourth-order valence-corrected chi connectivity index (χ4v) is 2.05. The Hall–Kier alpha value is -1.54. The minimum Gasteiger partial charge on any atom is -0.480 e. The molecule has 1 aromatic rings. The van der Waals surface area contributed by atoms with Gasteiger partial charge in [-0.25, -0.2) is 4.79 Å². The summed E-state index contributed by atoms with van der Waals surface area (Å²) >= 11 is 3.28. The maximum atomic E-state index is 11.1. The van der Waals surface area contributed by atoms with Gasteiger partial charge in [-0.1, -0.05) is 22.9 Å². The lowest BCUT2D eigenvalue weighted by atomic mass is 10.1. The Bertz CT molecular complexity index is 468. The van der Waals surface area contributed by atoms with E-state index in [1.165, 1.54) is 0 Å². The van der Waals surface area contributed by atoms with Gasteiger partial charge in [0.2, 0.25) is 0 Å². The van der Waals surface area contributed by atoms with Crippen molar-refractivity contribution in [2.75, 3.05) is 11.9 Å². The van der Waals surface area contributed by atoms with Crippen molar-refractivity contribution in [1.29, 1.82) is 5.26 Å². The largest absolute Gasteiger partial charge is 0.480 e. The van der Waals surface area contributed by atoms with Gasteiger partial charge in [-0.15, -0.1) is 0 Å². The smallest absolute Gasteiger partial charge is 0.326 e. The van der Waals surface area contributed by atoms with E-state index in [9.17, 15) is 4.79 Å². The van der Waals surface area contributed by atoms with Gasteiger partial charge in [-0.2, -0.15) is 5.26 Å². The highest BCUT2D eigenvalue weighted by molar-refractivity contribution is 9.10. The molecule has 0 saturated carbocycles. The van der Waals surface area contributed by atoms with Crippen molar-refractivity contribution in [2.45, 2.75) is 19.4 Å². The Labute approximate surface area is 109 Å². The molecule has 0 radical (unpaired) electrons. The number of nitriles is 1. The van der Waals surface area contributed by atoms with Crippen molar-refractivity contribution in [3.05, 3.63) is 28.2 Å². The van der Waals surface area contributed by atoms with Gasteiger partial charge in [-0.05, 0) is 24.6 Å². The number of anilines is 1. The molecule has 1 atom stereocenters. The minimum atomic E-state index is -0.887. The van der Waals surface area contributed by atoms with Crippen molar-refractivity contribution in [1.82, 2.24) is 0 Å². The van der Waals surface area contributed by atoms with Crippen molar-refractivity contribution >= 4 is 27.6 Å². The van der Waals surface area contributed by atoms with E-state index in [0.717, 1.165) is 4.47 Å². The second kappa shape index (κ2) is 5.69. The van der Waals surface area contributed by atoms with Crippen LogP contribution in [-0.2, 0) is 4.79 Å². The number of carboxylic acid groups (broad SMARTS) is 1. The first-order chi connectivity index (χ1) is 8.01. The first-order valence-electron chi connectivity index (χ1n) is 5.16. The van der Waals surface area contributed by atoms with E-state index in [1.807, 2.05) is 0 Å². The molecule has 0 bridgehead atoms. The van der Waals surface area contributed by atoms with Gasteiger partial charge in [0.1, 0.15) is 12.1 Å². The number of carbonyl (C=O) groups is 1. The van der Waals surface area contributed by atoms with Crippen LogP contribution < -0.4 is 4.90 Å². The van der Waals surface area contributed by atoms with Crippen molar-refractivity contribution in [3.8, 4) is 6.07 Å². The Morgan fingerprint density at radius 1 is 1.65 bits per heavy atom. The average molecular weight is 297 g/mol. The first kappa shape index (κ1) is 13.5. The van der Waals surface area contributed by atoms with Crippen LogP contribution in [0.3, 0.4) is 0 Å². The number of benzene rings is 1. The Balaban J connectivity index is 3.16. The quantitative estimate of drug-likeness (QED) is 0.928. The van der Waals surface area contributed by atoms with E-state index < -0.39 is 12.0 Å². The molecular formula is C12H13BrN2O2. The Kier molecular flexibility index (Phi) is 4.53. The molecule has 0 heterocycles. The molecule has 0 amide bonds. The molecule has 0 saturated heterocycles. The number of nitrogens with zero attached hydrogens (tertiary/aromatic N) is 2. The van der Waals surface area contributed by atoms with Crippen LogP contribution in [-0.4, -0.2) is 24.2 Å². The summed E-state index contributed by atoms with van der Waals surface area (Å²) in [7, 11) is 1.69. The monoisotopic (exact) mass is 296 g/mol. The summed E-state index contributed by atoms with van der Waals surface area (Å²) in [6.07, 6.45) is 0.479. The summed E-state index contributed by atoms with van der Waals surface area (Å²) in [5.41, 5.74) is 1.09. The molecular weight excluding hydrogens is 284 g/mol. The highest BCUT2D eigenvalue weighted by Gasteiger charge is 2.22. The Morgan fingerprint density at radius 3 is 2.76 bits per heavy atom. The SMILES string of the molecule is CCC(C(=O)O)N(C)c1ccc(Br)cc1C#N. The van der Waals surface area contributed by atoms with Crippen LogP contribution in [0.15, 0.2) is 22.7 Å². The van der Waals surface area contributed by atoms with Crippen molar-refractivity contribution in [3.63, 3.8) is 0 Å². The van der Waals surface area contributed by atoms with Gasteiger partial charge in [0.25, 0.3) is 0 Å². The third-order valence-electron chi connectivity index (χ3n) is 2.60. The summed E-state index contributed by atoms with van der Waals surface area (Å²) in [6, 6.07) is 6.67. The summed E-state index contributed by atoms with van der Waals surface area (Å²) < 4.78 is 0.801. The number of aliphatic carboxylic acids is 1. The highest BCUT2D eigenvalue weighted by atomic mass is 79.9. The Morgan fingerprint density at radius 2 is 2.29 bits per heavy atom. The van der Waals surface area contributed by atoms with Gasteiger partial charge >= 0.3 is 5.97 Å². The lowest BCUT2D eigenvalue weighted by molar-refractivity contribution is -0.138. The van der Waals surface area contributed by atoms with Crippen LogP contribution in [0.5, 0.6) is 0 Å². The van der Waals surface area contributed by atoms with Gasteiger partial charge in [0.15, 0.2) is 0 Å². The fraction of sp³-hybridized carbons (Fsp3) is 0.333. The molecule has 1 unspecified atom stereocenters. The average Bonchev–Trinajstić information content (AvgIpc) is 2.28. The van der Waals surface area contributed by atoms with Crippen LogP contribution in [0.4, 0.5) is 5.69 Å². The topological polar surface area (TPSA) is 64.3 Å². The molecule has 0 fully saturated rings. The van der Waals surface area contributed by atoms with E-state index in [1.54, 1.807) is 37.1 Å². The molecule has 90 valence electrons. The molecule has 0 aliphatic carbocycles. The zero-order valence-corrected chi connectivity index (χ0v) is 11.2. The second-order valence-electron chi connectivity index (χ2n) is 3.65. The summed E-state index contributed by atoms with van der Waals surface area (Å²) in [5, 5.41) is 18.1. The molecule has 0 spiro atoms. The zero-order chi connectivity index (χ0) is 13.0. The third-order valence-corrected chi connectivity index (χ3v) is 3.09. The fourth-order valence-electron chi connectivity index (χ4n) is 1.69. The van der Waals surface area contributed by atoms with Crippen molar-refractivity contribution in [2.24, 2.45) is 0 Å². The standard InChI is InChI=1S/C12H13BrN2O2/c1-3-10(12(16)17)15(2)11-5-4-9(13)6-8(11)7-14/h4-6,10H,3H2,1-2H3,(H,16,17). The number of hydrogen-bond acceptors (Lipinski definition) is 3. The second-order valence-corrected chi connectivity index (χ2v) is 4.56. The molecule has 1 rings (SSSR count). The molecule has 0 aromatic heterocycles. The van der Waals surface area contributed by atoms with Crippen LogP contribution in [0, 0.1) is 11.3 Å². The highest BCUT2D eigenvalue weighted by Crippen LogP contribution is 2.25. The van der Waals surface area contributed by atoms with Crippen LogP contribution in [0.25, 0.3) is 0 Å². The summed E-state index contributed by atoms with van der Waals surface area (Å²) in [4.78, 5) is 12.7. The predicted octanol–water partition coefficient (Wildman–Crippen LogP) is 2.62. The number of likely N-dealkylation sites (N-methyl/N-ethyl adjacent to an activating group) is 1. The number of hydrogen-bond donors (Lipinski definition) is 1. The van der Waals surface area contributed by atoms with Crippen LogP contribution >= 0.6 is 15.9 Å². The lowest BCUT2D eigenvalue weighted by Gasteiger charge is -2.26. The molecule has 17 heavy (non-hydrogen) atoms. The molecule has 1 N–H and O–H groups in total. The third kappa shape index (κ3) is 2.98. The zero-order valence-electron chi connectivity index (χ0n) is 9.64. The molecule has 5 heteroatoms. The maximum Gasteiger partial charge on any atom is 0.326 e. The lowest BCUT2D eigenvalue weighted by Crippen LogP contribution is -2.38. The number of halogens is 1. The van der Waals surface area contributed by atoms with Crippen molar-refractivity contribution < 1.29 is 9.90 Å². The number of carboxylic acids is 1. The molecule has 0 aliphatic heterocycles. The first-order valence-corrected chi connectivity index (χ1v) is 5.95. The van der Waals surface area contributed by atoms with Gasteiger partial charge in [-0.3, -0.25) is 0 Å². The van der Waals surface area contributed by atoms with Gasteiger partial charge in [0.05, 0.1) is 11.3 Å². The van der Waals surface area contributed by atoms with E-state index in [0.29, 0.717) is 17.7 Å². The van der Waals surface area contributed by atoms with E-state index in [4.69, 9.17) is 10.4 Å². The normalized spacial score (nSPS) is 11.6. The maximum absolute atomic E-state index is 11.1. The van der Waals surface area contributed by atoms with E-state index in [-0.39, 0.29) is 0 Å².